The Morgan fingerprint density at radius 1 is 0.923 bits per heavy atom. The fourth-order valence-corrected chi connectivity index (χ4v) is 21.3. The molecule has 0 atom stereocenters. The van der Waals surface area contributed by atoms with E-state index in [-0.39, 0.29) is 6.61 Å². The number of aliphatic hydroxyl groups is 1. The molecule has 0 saturated heterocycles. The van der Waals surface area contributed by atoms with Gasteiger partial charge in [-0.05, 0) is 0 Å². The number of benzene rings is 1. The number of hydrogen-bond donors (Lipinski definition) is 1. The summed E-state index contributed by atoms with van der Waals surface area (Å²) in [5.74, 6) is 0.529. The van der Waals surface area contributed by atoms with Gasteiger partial charge in [-0.15, -0.1) is 0 Å². The first kappa shape index (κ1) is 23.8. The van der Waals surface area contributed by atoms with E-state index in [0.717, 1.165) is 0 Å². The quantitative estimate of drug-likeness (QED) is 0.298. The van der Waals surface area contributed by atoms with Gasteiger partial charge in [-0.25, -0.2) is 0 Å². The van der Waals surface area contributed by atoms with Gasteiger partial charge >= 0.3 is 168 Å². The Morgan fingerprint density at radius 2 is 1.42 bits per heavy atom. The summed E-state index contributed by atoms with van der Waals surface area (Å²) < 4.78 is 5.97. The number of aliphatic hydroxyl groups excluding tert-OH is 1. The van der Waals surface area contributed by atoms with E-state index in [0.29, 0.717) is 5.92 Å². The fraction of sp³-hybridized carbons (Fsp3) is 0.667. The van der Waals surface area contributed by atoms with Gasteiger partial charge in [-0.2, -0.15) is 0 Å². The monoisotopic (exact) mass is 466 g/mol. The van der Waals surface area contributed by atoms with Crippen LogP contribution in [-0.2, 0) is 0 Å². The third kappa shape index (κ3) is 6.71. The van der Waals surface area contributed by atoms with Crippen LogP contribution in [0.15, 0.2) is 30.3 Å². The zero-order valence-electron chi connectivity index (χ0n) is 18.0. The van der Waals surface area contributed by atoms with E-state index in [4.69, 9.17) is 0 Å². The zero-order chi connectivity index (χ0) is 19.4. The minimum atomic E-state index is -2.56. The second-order valence-electron chi connectivity index (χ2n) is 8.13. The Hall–Kier alpha value is -0.281. The number of rotatable bonds is 13. The van der Waals surface area contributed by atoms with E-state index < -0.39 is 18.4 Å². The van der Waals surface area contributed by atoms with E-state index in [1.54, 1.807) is 3.59 Å². The van der Waals surface area contributed by atoms with Crippen molar-refractivity contribution in [2.75, 3.05) is 6.61 Å². The molecule has 0 radical (unpaired) electrons. The molecule has 0 saturated carbocycles. The van der Waals surface area contributed by atoms with Crippen LogP contribution < -0.4 is 0 Å². The molecule has 26 heavy (non-hydrogen) atoms. The van der Waals surface area contributed by atoms with Crippen molar-refractivity contribution in [3.8, 4) is 0 Å². The summed E-state index contributed by atoms with van der Waals surface area (Å²) in [4.78, 5) is 0. The predicted molar refractivity (Wildman–Crippen MR) is 120 cm³/mol. The Morgan fingerprint density at radius 3 is 1.85 bits per heavy atom. The van der Waals surface area contributed by atoms with E-state index in [1.165, 1.54) is 63.0 Å². The molecule has 1 N–H and O–H groups in total. The van der Waals surface area contributed by atoms with E-state index in [1.807, 2.05) is 0 Å². The number of hydrogen-bond acceptors (Lipinski definition) is 1. The van der Waals surface area contributed by atoms with Gasteiger partial charge in [-0.3, -0.25) is 0 Å². The van der Waals surface area contributed by atoms with Crippen molar-refractivity contribution in [3.05, 3.63) is 41.5 Å². The van der Waals surface area contributed by atoms with Crippen LogP contribution in [0.4, 0.5) is 0 Å². The van der Waals surface area contributed by atoms with Crippen LogP contribution in [0, 0.1) is 0 Å². The second-order valence-corrected chi connectivity index (χ2v) is 21.3. The van der Waals surface area contributed by atoms with Crippen LogP contribution in [0.2, 0.25) is 13.3 Å². The van der Waals surface area contributed by atoms with E-state index in [2.05, 4.69) is 65.0 Å². The molecule has 148 valence electrons. The predicted octanol–water partition coefficient (Wildman–Crippen LogP) is 7.57. The summed E-state index contributed by atoms with van der Waals surface area (Å²) in [5, 5.41) is 9.92. The van der Waals surface area contributed by atoms with E-state index in [9.17, 15) is 5.11 Å². The van der Waals surface area contributed by atoms with Crippen molar-refractivity contribution in [1.29, 1.82) is 0 Å². The third-order valence-electron chi connectivity index (χ3n) is 5.77. The molecular weight excluding hydrogens is 423 g/mol. The summed E-state index contributed by atoms with van der Waals surface area (Å²) in [5.41, 5.74) is 2.94. The first-order chi connectivity index (χ1) is 12.6. The molecule has 1 nitrogen and oxygen atoms in total. The Labute approximate surface area is 167 Å². The normalized spacial score (nSPS) is 12.8. The van der Waals surface area contributed by atoms with Gasteiger partial charge in [0, 0.05) is 0 Å². The van der Waals surface area contributed by atoms with Crippen molar-refractivity contribution in [2.24, 2.45) is 0 Å². The van der Waals surface area contributed by atoms with Crippen LogP contribution in [0.5, 0.6) is 0 Å². The van der Waals surface area contributed by atoms with Crippen LogP contribution in [0.1, 0.15) is 90.2 Å². The molecule has 0 aliphatic heterocycles. The average molecular weight is 465 g/mol. The van der Waals surface area contributed by atoms with Crippen LogP contribution in [0.3, 0.4) is 0 Å². The van der Waals surface area contributed by atoms with Gasteiger partial charge in [0.15, 0.2) is 0 Å². The molecule has 1 rings (SSSR count). The van der Waals surface area contributed by atoms with Gasteiger partial charge < -0.3 is 0 Å². The van der Waals surface area contributed by atoms with Crippen molar-refractivity contribution >= 4 is 22.0 Å². The van der Waals surface area contributed by atoms with Crippen molar-refractivity contribution in [1.82, 2.24) is 0 Å². The first-order valence-corrected chi connectivity index (χ1v) is 18.4. The maximum atomic E-state index is 9.92. The standard InChI is InChI=1S/C12H15O.3C4H9.Sn/c1-10(2)12-8-4-3-6-11(12)7-5-9-13;3*1-3-4-2;/h3-6,8,10,13H,9H2,1-2H3;3*1,3-4H2,2H3;. The van der Waals surface area contributed by atoms with Gasteiger partial charge in [0.25, 0.3) is 0 Å². The van der Waals surface area contributed by atoms with Gasteiger partial charge in [0.05, 0.1) is 0 Å². The summed E-state index contributed by atoms with van der Waals surface area (Å²) in [6, 6.07) is 9.02. The molecule has 0 aromatic heterocycles. The molecule has 0 heterocycles. The first-order valence-electron chi connectivity index (χ1n) is 11.0. The molecular formula is C24H42OSn. The summed E-state index contributed by atoms with van der Waals surface area (Å²) in [7, 11) is 0. The minimum absolute atomic E-state index is 0.185. The molecule has 0 fully saturated rings. The third-order valence-corrected chi connectivity index (χ3v) is 21.6. The summed E-state index contributed by atoms with van der Waals surface area (Å²) in [6.07, 6.45) is 10.2. The number of unbranched alkanes of at least 4 members (excludes halogenated alkanes) is 3. The molecule has 0 bridgehead atoms. The molecule has 0 aliphatic carbocycles. The molecule has 1 aromatic rings. The van der Waals surface area contributed by atoms with Crippen LogP contribution >= 0.6 is 0 Å². The van der Waals surface area contributed by atoms with Crippen LogP contribution in [-0.4, -0.2) is 30.1 Å². The molecule has 0 unspecified atom stereocenters. The van der Waals surface area contributed by atoms with Crippen LogP contribution in [0.25, 0.3) is 3.59 Å². The summed E-state index contributed by atoms with van der Waals surface area (Å²) >= 11 is -2.56. The Balaban J connectivity index is 3.49. The summed E-state index contributed by atoms with van der Waals surface area (Å²) in [6.45, 7) is 11.8. The zero-order valence-corrected chi connectivity index (χ0v) is 20.8. The second kappa shape index (κ2) is 13.0. The average Bonchev–Trinajstić information content (AvgIpc) is 2.66. The van der Waals surface area contributed by atoms with Gasteiger partial charge in [0.1, 0.15) is 0 Å². The molecule has 2 heteroatoms. The molecule has 0 aliphatic rings. The topological polar surface area (TPSA) is 20.2 Å². The Bertz CT molecular complexity index is 511. The van der Waals surface area contributed by atoms with Crippen molar-refractivity contribution in [3.63, 3.8) is 0 Å². The fourth-order valence-electron chi connectivity index (χ4n) is 4.27. The van der Waals surface area contributed by atoms with Gasteiger partial charge in [0.2, 0.25) is 0 Å². The SMILES string of the molecule is CCC[CH2][Sn]([CH2]CCC)([CH2]CCC)/[C](=C/CO)c1ccccc1C(C)C. The van der Waals surface area contributed by atoms with Crippen molar-refractivity contribution in [2.45, 2.75) is 92.4 Å². The Kier molecular flexibility index (Phi) is 11.9. The maximum absolute atomic E-state index is 9.92. The van der Waals surface area contributed by atoms with Crippen molar-refractivity contribution < 1.29 is 5.11 Å². The molecule has 0 amide bonds. The van der Waals surface area contributed by atoms with E-state index >= 15 is 0 Å². The molecule has 1 aromatic carbocycles. The molecule has 0 spiro atoms. The van der Waals surface area contributed by atoms with Gasteiger partial charge in [-0.1, -0.05) is 0 Å².